The first kappa shape index (κ1) is 25.2. The zero-order chi connectivity index (χ0) is 25.7. The third-order valence-corrected chi connectivity index (χ3v) is 6.39. The number of rotatable bonds is 9. The van der Waals surface area contributed by atoms with Gasteiger partial charge in [-0.05, 0) is 66.4 Å². The number of aliphatic hydroxyl groups is 1. The number of carbonyl (C=O) groups is 2. The molecule has 1 unspecified atom stereocenters. The molecule has 36 heavy (non-hydrogen) atoms. The average molecular weight is 485 g/mol. The van der Waals surface area contributed by atoms with Crippen LogP contribution in [0.5, 0.6) is 5.75 Å². The second kappa shape index (κ2) is 11.2. The number of aliphatic hydroxyl groups excluding tert-OH is 1. The molecular weight excluding hydrogens is 452 g/mol. The van der Waals surface area contributed by atoms with Crippen LogP contribution in [0.1, 0.15) is 68.8 Å². The number of carbonyl (C=O) groups excluding carboxylic acids is 2. The van der Waals surface area contributed by atoms with E-state index in [9.17, 15) is 14.7 Å². The monoisotopic (exact) mass is 484 g/mol. The Kier molecular flexibility index (Phi) is 7.84. The van der Waals surface area contributed by atoms with Crippen molar-refractivity contribution in [2.45, 2.75) is 52.0 Å². The van der Waals surface area contributed by atoms with Crippen molar-refractivity contribution in [2.24, 2.45) is 0 Å². The lowest BCUT2D eigenvalue weighted by Crippen LogP contribution is -2.29. The van der Waals surface area contributed by atoms with Gasteiger partial charge in [-0.1, -0.05) is 51.8 Å². The van der Waals surface area contributed by atoms with Gasteiger partial charge in [0.15, 0.2) is 0 Å². The van der Waals surface area contributed by atoms with Crippen molar-refractivity contribution in [3.8, 4) is 5.75 Å². The van der Waals surface area contributed by atoms with Gasteiger partial charge in [0.05, 0.1) is 17.9 Å². The first-order valence-electron chi connectivity index (χ1n) is 12.5. The van der Waals surface area contributed by atoms with Crippen LogP contribution >= 0.6 is 0 Å². The molecule has 0 bridgehead atoms. The Balaban J connectivity index is 1.73. The Morgan fingerprint density at radius 3 is 2.33 bits per heavy atom. The van der Waals surface area contributed by atoms with Gasteiger partial charge in [-0.25, -0.2) is 0 Å². The van der Waals surface area contributed by atoms with Crippen molar-refractivity contribution < 1.29 is 19.4 Å². The van der Waals surface area contributed by atoms with Crippen LogP contribution < -0.4 is 9.64 Å². The van der Waals surface area contributed by atoms with Gasteiger partial charge in [-0.2, -0.15) is 0 Å². The summed E-state index contributed by atoms with van der Waals surface area (Å²) in [6, 6.07) is 19.0. The predicted molar refractivity (Wildman–Crippen MR) is 141 cm³/mol. The highest BCUT2D eigenvalue weighted by molar-refractivity contribution is 6.51. The number of anilines is 1. The third-order valence-electron chi connectivity index (χ3n) is 6.39. The molecule has 6 heteroatoms. The Bertz CT molecular complexity index is 1230. The van der Waals surface area contributed by atoms with Gasteiger partial charge < -0.3 is 9.84 Å². The van der Waals surface area contributed by atoms with E-state index in [0.717, 1.165) is 24.8 Å². The Morgan fingerprint density at radius 1 is 1.00 bits per heavy atom. The molecule has 0 spiro atoms. The molecule has 2 heterocycles. The lowest BCUT2D eigenvalue weighted by Gasteiger charge is -2.25. The highest BCUT2D eigenvalue weighted by Crippen LogP contribution is 2.41. The van der Waals surface area contributed by atoms with Crippen LogP contribution in [0, 0.1) is 0 Å². The zero-order valence-corrected chi connectivity index (χ0v) is 21.0. The van der Waals surface area contributed by atoms with Crippen LogP contribution in [0.4, 0.5) is 5.69 Å². The van der Waals surface area contributed by atoms with Crippen LogP contribution in [0.25, 0.3) is 5.76 Å². The van der Waals surface area contributed by atoms with Crippen LogP contribution in [0.3, 0.4) is 0 Å². The second-order valence-electron chi connectivity index (χ2n) is 9.25. The van der Waals surface area contributed by atoms with E-state index in [1.54, 1.807) is 48.7 Å². The molecule has 6 nitrogen and oxygen atoms in total. The van der Waals surface area contributed by atoms with Crippen molar-refractivity contribution in [1.29, 1.82) is 0 Å². The topological polar surface area (TPSA) is 79.7 Å². The summed E-state index contributed by atoms with van der Waals surface area (Å²) < 4.78 is 5.76. The molecule has 0 saturated carbocycles. The van der Waals surface area contributed by atoms with Gasteiger partial charge in [0.2, 0.25) is 0 Å². The number of benzene rings is 2. The van der Waals surface area contributed by atoms with Crippen molar-refractivity contribution in [3.63, 3.8) is 0 Å². The standard InChI is InChI=1S/C30H32N2O4/c1-4-5-8-19-36-24-16-12-22(13-17-24)28(33)26-27(25-9-6-7-18-31-25)32(30(35)29(26)34)23-14-10-21(11-15-23)20(2)3/h6-7,9-18,20,27,33H,4-5,8,19H2,1-3H3/b28-26-. The van der Waals surface area contributed by atoms with E-state index in [4.69, 9.17) is 4.74 Å². The van der Waals surface area contributed by atoms with Gasteiger partial charge in [0.1, 0.15) is 17.6 Å². The summed E-state index contributed by atoms with van der Waals surface area (Å²) in [4.78, 5) is 32.4. The lowest BCUT2D eigenvalue weighted by atomic mass is 9.98. The van der Waals surface area contributed by atoms with E-state index < -0.39 is 17.7 Å². The normalized spacial score (nSPS) is 17.1. The van der Waals surface area contributed by atoms with Gasteiger partial charge in [0.25, 0.3) is 11.7 Å². The van der Waals surface area contributed by atoms with E-state index in [1.165, 1.54) is 4.90 Å². The van der Waals surface area contributed by atoms with E-state index in [1.807, 2.05) is 24.3 Å². The lowest BCUT2D eigenvalue weighted by molar-refractivity contribution is -0.132. The number of hydrogen-bond acceptors (Lipinski definition) is 5. The van der Waals surface area contributed by atoms with Gasteiger partial charge >= 0.3 is 0 Å². The maximum atomic E-state index is 13.3. The second-order valence-corrected chi connectivity index (χ2v) is 9.25. The molecule has 3 aromatic rings. The van der Waals surface area contributed by atoms with Crippen LogP contribution in [0.2, 0.25) is 0 Å². The van der Waals surface area contributed by atoms with Crippen LogP contribution in [-0.2, 0) is 9.59 Å². The summed E-state index contributed by atoms with van der Waals surface area (Å²) in [5.74, 6) is -0.645. The molecule has 1 fully saturated rings. The van der Waals surface area contributed by atoms with Gasteiger partial charge in [-0.15, -0.1) is 0 Å². The minimum Gasteiger partial charge on any atom is -0.507 e. The minimum absolute atomic E-state index is 0.0169. The molecule has 1 N–H and O–H groups in total. The first-order valence-corrected chi connectivity index (χ1v) is 12.5. The first-order chi connectivity index (χ1) is 17.4. The smallest absolute Gasteiger partial charge is 0.300 e. The molecule has 0 radical (unpaired) electrons. The quantitative estimate of drug-likeness (QED) is 0.165. The summed E-state index contributed by atoms with van der Waals surface area (Å²) in [5, 5.41) is 11.3. The van der Waals surface area contributed by atoms with Crippen molar-refractivity contribution >= 4 is 23.1 Å². The molecule has 1 atom stereocenters. The average Bonchev–Trinajstić information content (AvgIpc) is 3.17. The van der Waals surface area contributed by atoms with Crippen LogP contribution in [0.15, 0.2) is 78.5 Å². The zero-order valence-electron chi connectivity index (χ0n) is 21.0. The number of ether oxygens (including phenoxy) is 1. The van der Waals surface area contributed by atoms with E-state index >= 15 is 0 Å². The summed E-state index contributed by atoms with van der Waals surface area (Å²) in [6.45, 7) is 6.95. The fourth-order valence-electron chi connectivity index (χ4n) is 4.34. The summed E-state index contributed by atoms with van der Waals surface area (Å²) in [7, 11) is 0. The predicted octanol–water partition coefficient (Wildman–Crippen LogP) is 6.40. The number of nitrogens with zero attached hydrogens (tertiary/aromatic N) is 2. The summed E-state index contributed by atoms with van der Waals surface area (Å²) in [5.41, 5.74) is 2.66. The molecule has 186 valence electrons. The SMILES string of the molecule is CCCCCOc1ccc(/C(O)=C2/C(=O)C(=O)N(c3ccc(C(C)C)cc3)C2c2ccccn2)cc1. The fraction of sp³-hybridized carbons (Fsp3) is 0.300. The van der Waals surface area contributed by atoms with E-state index in [2.05, 4.69) is 25.8 Å². The molecule has 2 aromatic carbocycles. The Hall–Kier alpha value is -3.93. The number of aromatic nitrogens is 1. The number of Topliss-reactive ketones (excluding diaryl/α,β-unsaturated/α-hetero) is 1. The van der Waals surface area contributed by atoms with E-state index in [0.29, 0.717) is 35.2 Å². The summed E-state index contributed by atoms with van der Waals surface area (Å²) >= 11 is 0. The molecule has 1 aromatic heterocycles. The highest BCUT2D eigenvalue weighted by atomic mass is 16.5. The fourth-order valence-corrected chi connectivity index (χ4v) is 4.34. The number of ketones is 1. The summed E-state index contributed by atoms with van der Waals surface area (Å²) in [6.07, 6.45) is 4.81. The minimum atomic E-state index is -0.846. The molecule has 1 aliphatic rings. The van der Waals surface area contributed by atoms with Crippen molar-refractivity contribution in [3.05, 3.63) is 95.3 Å². The molecule has 1 saturated heterocycles. The van der Waals surface area contributed by atoms with Crippen molar-refractivity contribution in [2.75, 3.05) is 11.5 Å². The third kappa shape index (κ3) is 5.18. The number of pyridine rings is 1. The molecule has 0 aliphatic carbocycles. The number of hydrogen-bond donors (Lipinski definition) is 1. The highest BCUT2D eigenvalue weighted by Gasteiger charge is 2.47. The molecular formula is C30H32N2O4. The van der Waals surface area contributed by atoms with Gasteiger partial charge in [0, 0.05) is 17.4 Å². The van der Waals surface area contributed by atoms with Gasteiger partial charge in [-0.3, -0.25) is 19.5 Å². The maximum absolute atomic E-state index is 13.3. The maximum Gasteiger partial charge on any atom is 0.300 e. The Morgan fingerprint density at radius 2 is 1.72 bits per heavy atom. The number of amides is 1. The Labute approximate surface area is 212 Å². The van der Waals surface area contributed by atoms with Crippen molar-refractivity contribution in [1.82, 2.24) is 4.98 Å². The van der Waals surface area contributed by atoms with E-state index in [-0.39, 0.29) is 11.3 Å². The van der Waals surface area contributed by atoms with Crippen LogP contribution in [-0.4, -0.2) is 28.4 Å². The molecule has 1 amide bonds. The largest absolute Gasteiger partial charge is 0.507 e. The molecule has 1 aliphatic heterocycles. The number of unbranched alkanes of at least 4 members (excludes halogenated alkanes) is 2. The molecule has 4 rings (SSSR count).